The van der Waals surface area contributed by atoms with E-state index < -0.39 is 11.6 Å². The average Bonchev–Trinajstić information content (AvgIpc) is 3.09. The van der Waals surface area contributed by atoms with Gasteiger partial charge in [0.25, 0.3) is 0 Å². The topological polar surface area (TPSA) is 106 Å². The van der Waals surface area contributed by atoms with E-state index in [9.17, 15) is 19.2 Å². The van der Waals surface area contributed by atoms with Crippen molar-refractivity contribution in [2.75, 3.05) is 44.7 Å². The number of aromatic nitrogens is 2. The SMILES string of the molecule is CC.CNC(=O)CCC(C=O)n1c(=O)n(C)c2cc(N3CCN(CC(=O)OC(C)(C)C)CC3)ccc21. The number of imidazole rings is 1. The van der Waals surface area contributed by atoms with Gasteiger partial charge in [0.1, 0.15) is 11.9 Å². The summed E-state index contributed by atoms with van der Waals surface area (Å²) in [5.74, 6) is -0.395. The highest BCUT2D eigenvalue weighted by molar-refractivity contribution is 5.82. The van der Waals surface area contributed by atoms with E-state index >= 15 is 0 Å². The number of nitrogens with zero attached hydrogens (tertiary/aromatic N) is 4. The number of anilines is 1. The Balaban J connectivity index is 0.00000222. The monoisotopic (exact) mass is 503 g/mol. The first-order chi connectivity index (χ1) is 17.0. The Morgan fingerprint density at radius 3 is 2.31 bits per heavy atom. The van der Waals surface area contributed by atoms with E-state index in [0.29, 0.717) is 5.52 Å². The number of aryl methyl sites for hydroxylation is 1. The van der Waals surface area contributed by atoms with Gasteiger partial charge in [0.05, 0.1) is 23.6 Å². The number of ether oxygens (including phenoxy) is 1. The van der Waals surface area contributed by atoms with Crippen LogP contribution >= 0.6 is 0 Å². The van der Waals surface area contributed by atoms with Crippen molar-refractivity contribution in [3.05, 3.63) is 28.7 Å². The third-order valence-corrected chi connectivity index (χ3v) is 6.02. The maximum absolute atomic E-state index is 12.9. The van der Waals surface area contributed by atoms with Gasteiger partial charge in [-0.1, -0.05) is 13.8 Å². The van der Waals surface area contributed by atoms with Crippen molar-refractivity contribution in [1.29, 1.82) is 0 Å². The van der Waals surface area contributed by atoms with Crippen LogP contribution in [-0.2, 0) is 26.2 Å². The highest BCUT2D eigenvalue weighted by atomic mass is 16.6. The zero-order valence-corrected chi connectivity index (χ0v) is 22.7. The Bertz CT molecular complexity index is 1110. The van der Waals surface area contributed by atoms with Crippen LogP contribution in [0.1, 0.15) is 53.5 Å². The molecule has 10 heteroatoms. The van der Waals surface area contributed by atoms with Crippen molar-refractivity contribution >= 4 is 34.9 Å². The van der Waals surface area contributed by atoms with Crippen LogP contribution in [-0.4, -0.2) is 77.6 Å². The molecule has 36 heavy (non-hydrogen) atoms. The summed E-state index contributed by atoms with van der Waals surface area (Å²) in [4.78, 5) is 52.7. The lowest BCUT2D eigenvalue weighted by atomic mass is 10.1. The molecule has 1 aliphatic rings. The number of amides is 1. The van der Waals surface area contributed by atoms with Gasteiger partial charge in [-0.05, 0) is 45.4 Å². The Hall–Kier alpha value is -3.14. The second-order valence-corrected chi connectivity index (χ2v) is 9.65. The Morgan fingerprint density at radius 1 is 1.11 bits per heavy atom. The van der Waals surface area contributed by atoms with E-state index in [1.165, 1.54) is 9.13 Å². The number of piperazine rings is 1. The van der Waals surface area contributed by atoms with E-state index in [2.05, 4.69) is 15.1 Å². The summed E-state index contributed by atoms with van der Waals surface area (Å²) in [6.07, 6.45) is 1.14. The Kier molecular flexibility index (Phi) is 10.3. The molecule has 1 N–H and O–H groups in total. The predicted molar refractivity (Wildman–Crippen MR) is 141 cm³/mol. The minimum absolute atomic E-state index is 0.161. The molecular weight excluding hydrogens is 462 g/mol. The van der Waals surface area contributed by atoms with Gasteiger partial charge in [-0.15, -0.1) is 0 Å². The number of nitrogens with one attached hydrogen (secondary N) is 1. The molecular formula is C26H41N5O5. The summed E-state index contributed by atoms with van der Waals surface area (Å²) in [5.41, 5.74) is 1.58. The minimum atomic E-state index is -0.712. The smallest absolute Gasteiger partial charge is 0.329 e. The van der Waals surface area contributed by atoms with Gasteiger partial charge in [0, 0.05) is 52.4 Å². The van der Waals surface area contributed by atoms with Crippen molar-refractivity contribution in [1.82, 2.24) is 19.4 Å². The first kappa shape index (κ1) is 29.1. The van der Waals surface area contributed by atoms with Gasteiger partial charge < -0.3 is 19.7 Å². The van der Waals surface area contributed by atoms with Crippen molar-refractivity contribution in [2.45, 2.75) is 59.1 Å². The maximum Gasteiger partial charge on any atom is 0.329 e. The second kappa shape index (κ2) is 12.7. The number of carbonyl (C=O) groups is 3. The lowest BCUT2D eigenvalue weighted by molar-refractivity contribution is -0.156. The molecule has 1 fully saturated rings. The summed E-state index contributed by atoms with van der Waals surface area (Å²) < 4.78 is 8.42. The highest BCUT2D eigenvalue weighted by Crippen LogP contribution is 2.25. The van der Waals surface area contributed by atoms with Crippen LogP contribution in [0, 0.1) is 0 Å². The van der Waals surface area contributed by atoms with Crippen LogP contribution in [0.4, 0.5) is 5.69 Å². The first-order valence-corrected chi connectivity index (χ1v) is 12.6. The predicted octanol–water partition coefficient (Wildman–Crippen LogP) is 2.10. The molecule has 1 amide bonds. The number of rotatable bonds is 8. The maximum atomic E-state index is 12.9. The molecule has 200 valence electrons. The molecule has 3 rings (SSSR count). The lowest BCUT2D eigenvalue weighted by Gasteiger charge is -2.36. The molecule has 2 heterocycles. The third-order valence-electron chi connectivity index (χ3n) is 6.02. The first-order valence-electron chi connectivity index (χ1n) is 12.6. The summed E-state index contributed by atoms with van der Waals surface area (Å²) in [6, 6.07) is 5.05. The molecule has 0 bridgehead atoms. The molecule has 0 saturated carbocycles. The van der Waals surface area contributed by atoms with Crippen molar-refractivity contribution < 1.29 is 19.1 Å². The molecule has 1 aromatic heterocycles. The number of fused-ring (bicyclic) bond motifs is 1. The summed E-state index contributed by atoms with van der Waals surface area (Å²) in [7, 11) is 3.23. The Labute approximate surface area is 213 Å². The molecule has 0 aliphatic carbocycles. The summed E-state index contributed by atoms with van der Waals surface area (Å²) in [6.45, 7) is 12.8. The standard InChI is InChI=1S/C24H35N5O5.C2H6/c1-24(2,3)34-22(32)15-27-10-12-28(13-11-27)17-6-8-19-20(14-17)26(5)23(33)29(19)18(16-30)7-9-21(31)25-4;1-2/h6,8,14,16,18H,7,9-13,15H2,1-5H3,(H,25,31);1-2H3. The zero-order valence-electron chi connectivity index (χ0n) is 22.7. The van der Waals surface area contributed by atoms with Gasteiger partial charge in [-0.25, -0.2) is 4.79 Å². The second-order valence-electron chi connectivity index (χ2n) is 9.65. The lowest BCUT2D eigenvalue weighted by Crippen LogP contribution is -2.48. The highest BCUT2D eigenvalue weighted by Gasteiger charge is 2.24. The van der Waals surface area contributed by atoms with E-state index in [1.807, 2.05) is 52.8 Å². The largest absolute Gasteiger partial charge is 0.459 e. The normalized spacial score (nSPS) is 15.1. The number of esters is 1. The summed E-state index contributed by atoms with van der Waals surface area (Å²) >= 11 is 0. The number of hydrogen-bond donors (Lipinski definition) is 1. The molecule has 1 saturated heterocycles. The molecule has 1 unspecified atom stereocenters. The van der Waals surface area contributed by atoms with E-state index in [-0.39, 0.29) is 37.0 Å². The number of hydrogen-bond acceptors (Lipinski definition) is 7. The average molecular weight is 504 g/mol. The summed E-state index contributed by atoms with van der Waals surface area (Å²) in [5, 5.41) is 2.54. The number of benzene rings is 1. The number of carbonyl (C=O) groups excluding carboxylic acids is 3. The van der Waals surface area contributed by atoms with Gasteiger partial charge in [-0.2, -0.15) is 0 Å². The van der Waals surface area contributed by atoms with Crippen molar-refractivity contribution in [3.63, 3.8) is 0 Å². The van der Waals surface area contributed by atoms with Crippen LogP contribution in [0.3, 0.4) is 0 Å². The van der Waals surface area contributed by atoms with Gasteiger partial charge in [-0.3, -0.25) is 23.6 Å². The quantitative estimate of drug-likeness (QED) is 0.434. The van der Waals surface area contributed by atoms with Crippen LogP contribution in [0.25, 0.3) is 11.0 Å². The van der Waals surface area contributed by atoms with Crippen LogP contribution in [0.2, 0.25) is 0 Å². The zero-order chi connectivity index (χ0) is 27.0. The molecule has 0 radical (unpaired) electrons. The molecule has 1 atom stereocenters. The number of aldehydes is 1. The Morgan fingerprint density at radius 2 is 1.75 bits per heavy atom. The van der Waals surface area contributed by atoms with Crippen LogP contribution in [0.5, 0.6) is 0 Å². The molecule has 0 spiro atoms. The third kappa shape index (κ3) is 7.19. The molecule has 2 aromatic rings. The molecule has 1 aromatic carbocycles. The van der Waals surface area contributed by atoms with Gasteiger partial charge in [0.15, 0.2) is 0 Å². The molecule has 1 aliphatic heterocycles. The van der Waals surface area contributed by atoms with Gasteiger partial charge in [0.2, 0.25) is 5.91 Å². The van der Waals surface area contributed by atoms with E-state index in [0.717, 1.165) is 43.7 Å². The molecule has 10 nitrogen and oxygen atoms in total. The van der Waals surface area contributed by atoms with E-state index in [1.54, 1.807) is 14.1 Å². The van der Waals surface area contributed by atoms with Crippen molar-refractivity contribution in [3.8, 4) is 0 Å². The minimum Gasteiger partial charge on any atom is -0.459 e. The fourth-order valence-corrected chi connectivity index (χ4v) is 4.25. The van der Waals surface area contributed by atoms with Gasteiger partial charge >= 0.3 is 11.7 Å². The van der Waals surface area contributed by atoms with Crippen LogP contribution in [0.15, 0.2) is 23.0 Å². The van der Waals surface area contributed by atoms with Crippen molar-refractivity contribution in [2.24, 2.45) is 7.05 Å². The fourth-order valence-electron chi connectivity index (χ4n) is 4.25. The van der Waals surface area contributed by atoms with E-state index in [4.69, 9.17) is 4.74 Å². The van der Waals surface area contributed by atoms with Crippen LogP contribution < -0.4 is 15.9 Å². The fraction of sp³-hybridized carbons (Fsp3) is 0.615.